The molecule has 2 aromatic carbocycles. The molecule has 0 amide bonds. The van der Waals surface area contributed by atoms with Crippen molar-refractivity contribution < 1.29 is 31.6 Å². The summed E-state index contributed by atoms with van der Waals surface area (Å²) in [5, 5.41) is -0.104. The van der Waals surface area contributed by atoms with Crippen LogP contribution in [0.25, 0.3) is 11.0 Å². The largest absolute Gasteiger partial charge is 0.497 e. The van der Waals surface area contributed by atoms with Crippen molar-refractivity contribution in [2.45, 2.75) is 36.1 Å². The van der Waals surface area contributed by atoms with E-state index in [9.17, 15) is 12.6 Å². The molecule has 3 heterocycles. The summed E-state index contributed by atoms with van der Waals surface area (Å²) in [4.78, 5) is 11.3. The normalized spacial score (nSPS) is 15.0. The Labute approximate surface area is 254 Å². The van der Waals surface area contributed by atoms with Gasteiger partial charge in [0.05, 0.1) is 72.2 Å². The number of pyridine rings is 1. The molecule has 0 saturated carbocycles. The van der Waals surface area contributed by atoms with Crippen LogP contribution in [0.5, 0.6) is 17.2 Å². The highest BCUT2D eigenvalue weighted by atomic mass is 32.2. The average Bonchev–Trinajstić information content (AvgIpc) is 3.42. The van der Waals surface area contributed by atoms with Gasteiger partial charge in [-0.2, -0.15) is 0 Å². The van der Waals surface area contributed by atoms with Crippen LogP contribution in [0.15, 0.2) is 58.7 Å². The third-order valence-corrected chi connectivity index (χ3v) is 10.4. The molecule has 1 atom stereocenters. The summed E-state index contributed by atoms with van der Waals surface area (Å²) in [5.41, 5.74) is 2.76. The van der Waals surface area contributed by atoms with Gasteiger partial charge in [-0.3, -0.25) is 14.1 Å². The Hall–Kier alpha value is -3.52. The molecular formula is C30H36N4O7S2. The maximum Gasteiger partial charge on any atom is 0.270 e. The van der Waals surface area contributed by atoms with E-state index in [1.165, 1.54) is 19.2 Å². The molecule has 230 valence electrons. The van der Waals surface area contributed by atoms with Crippen molar-refractivity contribution in [1.29, 1.82) is 0 Å². The molecule has 13 heteroatoms. The fourth-order valence-corrected chi connectivity index (χ4v) is 8.09. The van der Waals surface area contributed by atoms with Crippen LogP contribution >= 0.6 is 0 Å². The summed E-state index contributed by atoms with van der Waals surface area (Å²) in [6.07, 6.45) is 2.50. The van der Waals surface area contributed by atoms with Crippen LogP contribution in [-0.2, 0) is 31.3 Å². The van der Waals surface area contributed by atoms with E-state index in [0.29, 0.717) is 40.6 Å². The van der Waals surface area contributed by atoms with Crippen LogP contribution in [0.4, 0.5) is 0 Å². The second kappa shape index (κ2) is 13.4. The third kappa shape index (κ3) is 6.69. The maximum absolute atomic E-state index is 14.1. The van der Waals surface area contributed by atoms with Crippen molar-refractivity contribution in [3.05, 3.63) is 65.5 Å². The highest BCUT2D eigenvalue weighted by Gasteiger charge is 2.28. The van der Waals surface area contributed by atoms with Gasteiger partial charge in [-0.15, -0.1) is 0 Å². The Kier molecular flexibility index (Phi) is 9.65. The number of ether oxygens (including phenoxy) is 4. The van der Waals surface area contributed by atoms with E-state index in [1.807, 2.05) is 13.8 Å². The molecule has 1 fully saturated rings. The van der Waals surface area contributed by atoms with Gasteiger partial charge in [0, 0.05) is 43.0 Å². The zero-order valence-electron chi connectivity index (χ0n) is 24.7. The van der Waals surface area contributed by atoms with Crippen LogP contribution < -0.4 is 14.2 Å². The molecule has 0 spiro atoms. The molecule has 11 nitrogen and oxygen atoms in total. The SMILES string of the molecule is COc1ccc2c(c1)nc(S(=O)Cc1ncc(C)c(OC)c1C)n2S(=O)(=O)c1ccc(OCCCN2CCOCC2)cc1. The van der Waals surface area contributed by atoms with E-state index in [4.69, 9.17) is 18.9 Å². The number of hydrogen-bond acceptors (Lipinski definition) is 10. The van der Waals surface area contributed by atoms with Gasteiger partial charge in [0.25, 0.3) is 10.0 Å². The summed E-state index contributed by atoms with van der Waals surface area (Å²) in [5.74, 6) is 1.68. The zero-order chi connectivity index (χ0) is 30.6. The maximum atomic E-state index is 14.1. The lowest BCUT2D eigenvalue weighted by atomic mass is 10.1. The van der Waals surface area contributed by atoms with Crippen molar-refractivity contribution in [1.82, 2.24) is 18.8 Å². The quantitative estimate of drug-likeness (QED) is 0.215. The lowest BCUT2D eigenvalue weighted by Crippen LogP contribution is -2.37. The highest BCUT2D eigenvalue weighted by molar-refractivity contribution is 7.91. The summed E-state index contributed by atoms with van der Waals surface area (Å²) in [6, 6.07) is 11.1. The smallest absolute Gasteiger partial charge is 0.270 e. The Balaban J connectivity index is 1.41. The lowest BCUT2D eigenvalue weighted by Gasteiger charge is -2.26. The fourth-order valence-electron chi connectivity index (χ4n) is 5.04. The number of aromatic nitrogens is 3. The number of fused-ring (bicyclic) bond motifs is 1. The van der Waals surface area contributed by atoms with Crippen molar-refractivity contribution in [3.63, 3.8) is 0 Å². The fraction of sp³-hybridized carbons (Fsp3) is 0.400. The first-order valence-electron chi connectivity index (χ1n) is 14.0. The molecule has 0 radical (unpaired) electrons. The predicted octanol–water partition coefficient (Wildman–Crippen LogP) is 3.71. The van der Waals surface area contributed by atoms with Crippen molar-refractivity contribution in [2.24, 2.45) is 0 Å². The molecule has 0 bridgehead atoms. The van der Waals surface area contributed by atoms with Gasteiger partial charge in [0.2, 0.25) is 5.16 Å². The molecule has 43 heavy (non-hydrogen) atoms. The van der Waals surface area contributed by atoms with Crippen molar-refractivity contribution in [3.8, 4) is 17.2 Å². The van der Waals surface area contributed by atoms with E-state index in [0.717, 1.165) is 54.4 Å². The van der Waals surface area contributed by atoms with Crippen LogP contribution in [0.1, 0.15) is 23.2 Å². The summed E-state index contributed by atoms with van der Waals surface area (Å²) in [6.45, 7) is 8.49. The van der Waals surface area contributed by atoms with Crippen LogP contribution in [0, 0.1) is 13.8 Å². The van der Waals surface area contributed by atoms with E-state index in [1.54, 1.807) is 43.6 Å². The number of methoxy groups -OCH3 is 2. The van der Waals surface area contributed by atoms with E-state index in [2.05, 4.69) is 14.9 Å². The number of nitrogens with zero attached hydrogens (tertiary/aromatic N) is 4. The number of benzene rings is 2. The molecule has 4 aromatic rings. The number of rotatable bonds is 12. The van der Waals surface area contributed by atoms with Gasteiger partial charge >= 0.3 is 0 Å². The van der Waals surface area contributed by atoms with E-state index in [-0.39, 0.29) is 15.8 Å². The monoisotopic (exact) mass is 628 g/mol. The molecule has 0 aliphatic carbocycles. The molecular weight excluding hydrogens is 592 g/mol. The Morgan fingerprint density at radius 3 is 2.42 bits per heavy atom. The second-order valence-corrected chi connectivity index (χ2v) is 13.3. The lowest BCUT2D eigenvalue weighted by molar-refractivity contribution is 0.0358. The highest BCUT2D eigenvalue weighted by Crippen LogP contribution is 2.31. The molecule has 0 N–H and O–H groups in total. The van der Waals surface area contributed by atoms with Gasteiger partial charge < -0.3 is 18.9 Å². The first-order valence-corrected chi connectivity index (χ1v) is 16.7. The number of aryl methyl sites for hydroxylation is 1. The minimum absolute atomic E-state index is 0.0212. The Bertz CT molecular complexity index is 1720. The van der Waals surface area contributed by atoms with Crippen LogP contribution in [-0.4, -0.2) is 85.1 Å². The molecule has 1 aliphatic heterocycles. The number of morpholine rings is 1. The van der Waals surface area contributed by atoms with Gasteiger partial charge in [-0.1, -0.05) is 0 Å². The molecule has 2 aromatic heterocycles. The van der Waals surface area contributed by atoms with Crippen LogP contribution in [0.3, 0.4) is 0 Å². The molecule has 1 unspecified atom stereocenters. The topological polar surface area (TPSA) is 122 Å². The molecule has 1 saturated heterocycles. The van der Waals surface area contributed by atoms with Crippen molar-refractivity contribution >= 4 is 31.9 Å². The summed E-state index contributed by atoms with van der Waals surface area (Å²) < 4.78 is 65.1. The Morgan fingerprint density at radius 2 is 1.72 bits per heavy atom. The van der Waals surface area contributed by atoms with Crippen LogP contribution in [0.2, 0.25) is 0 Å². The minimum Gasteiger partial charge on any atom is -0.497 e. The average molecular weight is 629 g/mol. The standard InChI is InChI=1S/C30H36N4O7S2/c1-21-19-31-27(22(2)29(21)39-4)20-42(35)30-32-26-18-24(38-3)8-11-28(26)34(30)43(36,37)25-9-6-23(7-10-25)41-15-5-12-33-13-16-40-17-14-33/h6-11,18-19H,5,12-17,20H2,1-4H3. The minimum atomic E-state index is -4.19. The first-order chi connectivity index (χ1) is 20.7. The zero-order valence-corrected chi connectivity index (χ0v) is 26.4. The predicted molar refractivity (Wildman–Crippen MR) is 163 cm³/mol. The second-order valence-electron chi connectivity index (χ2n) is 10.2. The number of hydrogen-bond donors (Lipinski definition) is 0. The van der Waals surface area contributed by atoms with Gasteiger partial charge in [0.15, 0.2) is 0 Å². The van der Waals surface area contributed by atoms with Crippen molar-refractivity contribution in [2.75, 3.05) is 53.7 Å². The molecule has 1 aliphatic rings. The van der Waals surface area contributed by atoms with Gasteiger partial charge in [-0.05, 0) is 56.7 Å². The van der Waals surface area contributed by atoms with Gasteiger partial charge in [-0.25, -0.2) is 17.4 Å². The van der Waals surface area contributed by atoms with E-state index < -0.39 is 20.8 Å². The summed E-state index contributed by atoms with van der Waals surface area (Å²) in [7, 11) is -2.98. The van der Waals surface area contributed by atoms with Gasteiger partial charge in [0.1, 0.15) is 17.2 Å². The first kappa shape index (κ1) is 30.9. The number of imidazole rings is 1. The van der Waals surface area contributed by atoms with E-state index >= 15 is 0 Å². The Morgan fingerprint density at radius 1 is 1.00 bits per heavy atom. The molecule has 5 rings (SSSR count). The summed E-state index contributed by atoms with van der Waals surface area (Å²) >= 11 is 0. The third-order valence-electron chi connectivity index (χ3n) is 7.37.